The number of phosphoric acid groups is 1. The minimum Gasteiger partial charge on any atom is -0.393 e. The summed E-state index contributed by atoms with van der Waals surface area (Å²) >= 11 is 0. The Morgan fingerprint density at radius 1 is 0.642 bits per heavy atom. The van der Waals surface area contributed by atoms with Gasteiger partial charge in [-0.2, -0.15) is 0 Å². The number of nitrogens with two attached hydrogens (primary N) is 1. The normalized spacial score (nSPS) is 14.8. The molecule has 1 amide bonds. The highest BCUT2D eigenvalue weighted by Crippen LogP contribution is 2.43. The molecule has 316 valence electrons. The van der Waals surface area contributed by atoms with Crippen molar-refractivity contribution < 1.29 is 33.5 Å². The molecular formula is C43H87N2O7P. The maximum Gasteiger partial charge on any atom is 0.472 e. The number of phosphoric ester groups is 1. The van der Waals surface area contributed by atoms with E-state index in [4.69, 9.17) is 14.8 Å². The molecule has 0 aliphatic rings. The van der Waals surface area contributed by atoms with Crippen LogP contribution in [0.15, 0.2) is 12.2 Å². The second kappa shape index (κ2) is 39.4. The van der Waals surface area contributed by atoms with E-state index in [-0.39, 0.29) is 19.6 Å². The largest absolute Gasteiger partial charge is 0.472 e. The van der Waals surface area contributed by atoms with Crippen molar-refractivity contribution in [2.45, 2.75) is 238 Å². The number of carbonyl (C=O) groups is 1. The number of aliphatic hydroxyl groups is 2. The fourth-order valence-corrected chi connectivity index (χ4v) is 7.52. The number of allylic oxidation sites excluding steroid dienone is 1. The molecule has 10 heteroatoms. The van der Waals surface area contributed by atoms with Gasteiger partial charge in [0, 0.05) is 6.54 Å². The molecule has 0 aromatic carbocycles. The molecule has 53 heavy (non-hydrogen) atoms. The molecule has 0 fully saturated rings. The number of hydrogen-bond donors (Lipinski definition) is 5. The highest BCUT2D eigenvalue weighted by Gasteiger charge is 2.27. The van der Waals surface area contributed by atoms with E-state index in [2.05, 4.69) is 19.2 Å². The summed E-state index contributed by atoms with van der Waals surface area (Å²) in [6, 6.07) is -0.977. The van der Waals surface area contributed by atoms with Gasteiger partial charge in [-0.05, 0) is 19.3 Å². The van der Waals surface area contributed by atoms with Crippen LogP contribution in [0.2, 0.25) is 0 Å². The Morgan fingerprint density at radius 3 is 1.45 bits per heavy atom. The fraction of sp³-hybridized carbons (Fsp3) is 0.930. The summed E-state index contributed by atoms with van der Waals surface area (Å²) in [5.74, 6) is -0.442. The van der Waals surface area contributed by atoms with Crippen LogP contribution in [0.4, 0.5) is 0 Å². The summed E-state index contributed by atoms with van der Waals surface area (Å²) in [6.45, 7) is 3.99. The van der Waals surface area contributed by atoms with Crippen molar-refractivity contribution in [1.82, 2.24) is 5.32 Å². The van der Waals surface area contributed by atoms with Gasteiger partial charge >= 0.3 is 7.82 Å². The molecule has 0 radical (unpaired) electrons. The fourth-order valence-electron chi connectivity index (χ4n) is 6.77. The number of aliphatic hydroxyl groups excluding tert-OH is 2. The molecule has 0 saturated carbocycles. The van der Waals surface area contributed by atoms with Crippen LogP contribution in [0.3, 0.4) is 0 Å². The van der Waals surface area contributed by atoms with Crippen LogP contribution < -0.4 is 11.1 Å². The van der Waals surface area contributed by atoms with Crippen molar-refractivity contribution in [1.29, 1.82) is 0 Å². The van der Waals surface area contributed by atoms with Crippen LogP contribution in [0.25, 0.3) is 0 Å². The molecule has 0 heterocycles. The van der Waals surface area contributed by atoms with E-state index in [0.29, 0.717) is 6.42 Å². The minimum atomic E-state index is -4.39. The van der Waals surface area contributed by atoms with Gasteiger partial charge in [-0.25, -0.2) is 4.57 Å². The van der Waals surface area contributed by atoms with E-state index >= 15 is 0 Å². The van der Waals surface area contributed by atoms with Gasteiger partial charge in [0.2, 0.25) is 5.91 Å². The Hall–Kier alpha value is -0.800. The Bertz CT molecular complexity index is 862. The minimum absolute atomic E-state index is 0.0515. The second-order valence-corrected chi connectivity index (χ2v) is 16.9. The molecule has 0 aromatic rings. The molecule has 0 aliphatic carbocycles. The SMILES string of the molecule is CCCCCCCCCCCCCCC/C=C/C(O)C(COP(=O)(O)OCCN)NC(=O)CC(O)CCCCCCCCCCCCCCCCCC. The Labute approximate surface area is 327 Å². The predicted molar refractivity (Wildman–Crippen MR) is 223 cm³/mol. The van der Waals surface area contributed by atoms with Crippen LogP contribution >= 0.6 is 7.82 Å². The number of nitrogens with one attached hydrogen (secondary N) is 1. The summed E-state index contributed by atoms with van der Waals surface area (Å²) in [7, 11) is -4.39. The van der Waals surface area contributed by atoms with Crippen molar-refractivity contribution in [3.63, 3.8) is 0 Å². The van der Waals surface area contributed by atoms with Crippen molar-refractivity contribution in [2.75, 3.05) is 19.8 Å². The highest BCUT2D eigenvalue weighted by atomic mass is 31.2. The molecule has 0 rings (SSSR count). The van der Waals surface area contributed by atoms with E-state index in [0.717, 1.165) is 38.5 Å². The first kappa shape index (κ1) is 52.2. The topological polar surface area (TPSA) is 151 Å². The second-order valence-electron chi connectivity index (χ2n) is 15.5. The monoisotopic (exact) mass is 775 g/mol. The first-order valence-corrected chi connectivity index (χ1v) is 23.9. The average molecular weight is 775 g/mol. The summed E-state index contributed by atoms with van der Waals surface area (Å²) in [5, 5.41) is 24.1. The van der Waals surface area contributed by atoms with E-state index in [1.807, 2.05) is 6.08 Å². The summed E-state index contributed by atoms with van der Waals surface area (Å²) < 4.78 is 22.1. The first-order valence-electron chi connectivity index (χ1n) is 22.4. The van der Waals surface area contributed by atoms with Gasteiger partial charge in [-0.15, -0.1) is 0 Å². The lowest BCUT2D eigenvalue weighted by molar-refractivity contribution is -0.124. The molecule has 0 bridgehead atoms. The van der Waals surface area contributed by atoms with Crippen molar-refractivity contribution in [3.05, 3.63) is 12.2 Å². The Kier molecular flexibility index (Phi) is 38.8. The third-order valence-electron chi connectivity index (χ3n) is 10.2. The number of unbranched alkanes of at least 4 members (excludes halogenated alkanes) is 28. The van der Waals surface area contributed by atoms with Crippen molar-refractivity contribution in [3.8, 4) is 0 Å². The van der Waals surface area contributed by atoms with Crippen molar-refractivity contribution in [2.24, 2.45) is 5.73 Å². The van der Waals surface area contributed by atoms with Crippen LogP contribution in [0.5, 0.6) is 0 Å². The molecule has 4 unspecified atom stereocenters. The third kappa shape index (κ3) is 37.9. The highest BCUT2D eigenvalue weighted by molar-refractivity contribution is 7.47. The maximum atomic E-state index is 12.8. The smallest absolute Gasteiger partial charge is 0.393 e. The molecule has 0 spiro atoms. The molecule has 4 atom stereocenters. The van der Waals surface area contributed by atoms with E-state index in [9.17, 15) is 24.5 Å². The number of carbonyl (C=O) groups excluding carboxylic acids is 1. The van der Waals surface area contributed by atoms with E-state index in [1.165, 1.54) is 154 Å². The van der Waals surface area contributed by atoms with Gasteiger partial charge in [-0.3, -0.25) is 13.8 Å². The quantitative estimate of drug-likeness (QED) is 0.0233. The van der Waals surface area contributed by atoms with Gasteiger partial charge in [0.25, 0.3) is 0 Å². The van der Waals surface area contributed by atoms with Crippen LogP contribution in [-0.4, -0.2) is 59.0 Å². The molecule has 0 saturated heterocycles. The third-order valence-corrected chi connectivity index (χ3v) is 11.2. The van der Waals surface area contributed by atoms with Crippen LogP contribution in [0.1, 0.15) is 219 Å². The summed E-state index contributed by atoms with van der Waals surface area (Å²) in [6.07, 6.45) is 40.0. The zero-order valence-electron chi connectivity index (χ0n) is 34.6. The molecular weight excluding hydrogens is 687 g/mol. The zero-order valence-corrected chi connectivity index (χ0v) is 35.5. The molecule has 6 N–H and O–H groups in total. The lowest BCUT2D eigenvalue weighted by atomic mass is 10.0. The lowest BCUT2D eigenvalue weighted by Gasteiger charge is -2.24. The number of amides is 1. The number of hydrogen-bond acceptors (Lipinski definition) is 7. The van der Waals surface area contributed by atoms with Gasteiger partial charge < -0.3 is 26.2 Å². The predicted octanol–water partition coefficient (Wildman–Crippen LogP) is 11.4. The maximum absolute atomic E-state index is 12.8. The van der Waals surface area contributed by atoms with Crippen molar-refractivity contribution >= 4 is 13.7 Å². The molecule has 0 aliphatic heterocycles. The summed E-state index contributed by atoms with van der Waals surface area (Å²) in [4.78, 5) is 22.8. The average Bonchev–Trinajstić information content (AvgIpc) is 3.13. The van der Waals surface area contributed by atoms with E-state index in [1.54, 1.807) is 6.08 Å². The van der Waals surface area contributed by atoms with Crippen LogP contribution in [-0.2, 0) is 18.4 Å². The van der Waals surface area contributed by atoms with Crippen LogP contribution in [0, 0.1) is 0 Å². The Balaban J connectivity index is 4.28. The Morgan fingerprint density at radius 2 is 1.04 bits per heavy atom. The lowest BCUT2D eigenvalue weighted by Crippen LogP contribution is -2.46. The molecule has 9 nitrogen and oxygen atoms in total. The van der Waals surface area contributed by atoms with Gasteiger partial charge in [0.15, 0.2) is 0 Å². The standard InChI is InChI=1S/C43H87N2O7P/c1-3-5-7-9-11-13-15-17-19-21-22-24-26-28-30-32-34-40(46)38-43(48)45-41(39-52-53(49,50)51-37-36-44)42(47)35-33-31-29-27-25-23-20-18-16-14-12-10-8-6-4-2/h33,35,40-42,46-47H,3-32,34,36-39,44H2,1-2H3,(H,45,48)(H,49,50)/b35-33+. The summed E-state index contributed by atoms with van der Waals surface area (Å²) in [5.41, 5.74) is 5.36. The van der Waals surface area contributed by atoms with Gasteiger partial charge in [0.1, 0.15) is 0 Å². The van der Waals surface area contributed by atoms with Gasteiger partial charge in [-0.1, -0.05) is 206 Å². The number of rotatable bonds is 42. The zero-order chi connectivity index (χ0) is 39.1. The van der Waals surface area contributed by atoms with Gasteiger partial charge in [0.05, 0.1) is 37.9 Å². The molecule has 0 aromatic heterocycles. The first-order chi connectivity index (χ1) is 25.8. The van der Waals surface area contributed by atoms with E-state index < -0.39 is 38.6 Å².